The summed E-state index contributed by atoms with van der Waals surface area (Å²) >= 11 is 1.46. The molecule has 2 aromatic heterocycles. The summed E-state index contributed by atoms with van der Waals surface area (Å²) < 4.78 is 44.4. The van der Waals surface area contributed by atoms with E-state index in [1.54, 1.807) is 0 Å². The first-order valence-electron chi connectivity index (χ1n) is 9.18. The second-order valence-electron chi connectivity index (χ2n) is 7.07. The van der Waals surface area contributed by atoms with E-state index in [0.29, 0.717) is 17.2 Å². The average molecular weight is 416 g/mol. The minimum atomic E-state index is -4.34. The van der Waals surface area contributed by atoms with Crippen LogP contribution in [0, 0.1) is 0 Å². The molecule has 2 heterocycles. The number of ether oxygens (including phenoxy) is 1. The first kappa shape index (κ1) is 19.5. The molecule has 0 unspecified atom stereocenters. The molecule has 0 atom stereocenters. The highest BCUT2D eigenvalue weighted by molar-refractivity contribution is 7.15. The first-order chi connectivity index (χ1) is 13.8. The monoisotopic (exact) mass is 416 g/mol. The zero-order valence-electron chi connectivity index (χ0n) is 15.9. The third kappa shape index (κ3) is 4.15. The molecule has 0 aliphatic rings. The largest absolute Gasteiger partial charge is 0.488 e. The number of nitrogens with zero attached hydrogens (tertiary/aromatic N) is 1. The molecule has 0 bridgehead atoms. The third-order valence-corrected chi connectivity index (χ3v) is 5.72. The van der Waals surface area contributed by atoms with Gasteiger partial charge < -0.3 is 9.72 Å². The second-order valence-corrected chi connectivity index (χ2v) is 8.16. The predicted octanol–water partition coefficient (Wildman–Crippen LogP) is 7.01. The third-order valence-electron chi connectivity index (χ3n) is 4.63. The van der Waals surface area contributed by atoms with Crippen molar-refractivity contribution in [1.82, 2.24) is 9.97 Å². The number of thiazole rings is 1. The van der Waals surface area contributed by atoms with Crippen molar-refractivity contribution in [2.45, 2.75) is 32.5 Å². The Balaban J connectivity index is 1.57. The molecule has 0 spiro atoms. The van der Waals surface area contributed by atoms with Crippen molar-refractivity contribution in [3.05, 3.63) is 70.9 Å². The van der Waals surface area contributed by atoms with Crippen molar-refractivity contribution in [1.29, 1.82) is 0 Å². The van der Waals surface area contributed by atoms with Gasteiger partial charge in [-0.05, 0) is 42.3 Å². The Kier molecular flexibility index (Phi) is 5.08. The number of fused-ring (bicyclic) bond motifs is 1. The number of rotatable bonds is 5. The Morgan fingerprint density at radius 1 is 1.07 bits per heavy atom. The van der Waals surface area contributed by atoms with E-state index in [-0.39, 0.29) is 5.92 Å². The van der Waals surface area contributed by atoms with Gasteiger partial charge in [-0.1, -0.05) is 26.0 Å². The van der Waals surface area contributed by atoms with Gasteiger partial charge in [-0.25, -0.2) is 4.98 Å². The summed E-state index contributed by atoms with van der Waals surface area (Å²) in [4.78, 5) is 8.80. The number of nitrogens with one attached hydrogen (secondary N) is 1. The van der Waals surface area contributed by atoms with Gasteiger partial charge in [0.2, 0.25) is 0 Å². The highest BCUT2D eigenvalue weighted by atomic mass is 32.1. The maximum atomic E-state index is 12.8. The molecule has 0 aliphatic carbocycles. The summed E-state index contributed by atoms with van der Waals surface area (Å²) in [5.74, 6) is 0.941. The number of aromatic nitrogens is 2. The van der Waals surface area contributed by atoms with Gasteiger partial charge >= 0.3 is 6.18 Å². The van der Waals surface area contributed by atoms with E-state index in [1.807, 2.05) is 44.3 Å². The minimum absolute atomic E-state index is 0.181. The van der Waals surface area contributed by atoms with E-state index in [0.717, 1.165) is 39.4 Å². The number of hydrogen-bond acceptors (Lipinski definition) is 3. The van der Waals surface area contributed by atoms with E-state index < -0.39 is 11.7 Å². The van der Waals surface area contributed by atoms with Gasteiger partial charge in [-0.2, -0.15) is 13.2 Å². The molecule has 0 amide bonds. The highest BCUT2D eigenvalue weighted by Crippen LogP contribution is 2.35. The molecule has 0 saturated heterocycles. The quantitative estimate of drug-likeness (QED) is 0.380. The summed E-state index contributed by atoms with van der Waals surface area (Å²) in [6.45, 7) is 4.45. The smallest absolute Gasteiger partial charge is 0.416 e. The molecule has 0 radical (unpaired) electrons. The zero-order valence-corrected chi connectivity index (χ0v) is 16.7. The number of alkyl halides is 3. The average Bonchev–Trinajstić information content (AvgIpc) is 3.32. The molecule has 1 N–H and O–H groups in total. The van der Waals surface area contributed by atoms with Gasteiger partial charge in [0.15, 0.2) is 0 Å². The van der Waals surface area contributed by atoms with Crippen LogP contribution in [0.2, 0.25) is 0 Å². The fraction of sp³-hybridized carbons (Fsp3) is 0.227. The number of benzene rings is 2. The molecule has 2 aromatic carbocycles. The van der Waals surface area contributed by atoms with Gasteiger partial charge in [-0.3, -0.25) is 0 Å². The highest BCUT2D eigenvalue weighted by Gasteiger charge is 2.30. The van der Waals surface area contributed by atoms with Gasteiger partial charge in [-0.15, -0.1) is 11.3 Å². The Labute approximate surface area is 170 Å². The predicted molar refractivity (Wildman–Crippen MR) is 109 cm³/mol. The molecule has 0 aliphatic heterocycles. The van der Waals surface area contributed by atoms with E-state index in [4.69, 9.17) is 4.74 Å². The van der Waals surface area contributed by atoms with Crippen molar-refractivity contribution in [3.8, 4) is 16.3 Å². The standard InChI is InChI=1S/C22H19F3N2OS/c1-13(2)20-19(12-28-17-7-8-18-15(11-17)9-10-26-18)29-21(27-20)14-3-5-16(6-4-14)22(23,24)25/h3-11,13,26H,12H2,1-2H3. The van der Waals surface area contributed by atoms with Gasteiger partial charge in [0.05, 0.1) is 16.1 Å². The molecule has 0 saturated carbocycles. The molecule has 0 fully saturated rings. The maximum Gasteiger partial charge on any atom is 0.416 e. The number of aromatic amines is 1. The molecular weight excluding hydrogens is 397 g/mol. The van der Waals surface area contributed by atoms with Crippen LogP contribution in [0.25, 0.3) is 21.5 Å². The molecule has 3 nitrogen and oxygen atoms in total. The van der Waals surface area contributed by atoms with Gasteiger partial charge in [0.25, 0.3) is 0 Å². The normalized spacial score (nSPS) is 12.1. The van der Waals surface area contributed by atoms with Crippen LogP contribution >= 0.6 is 11.3 Å². The molecule has 7 heteroatoms. The van der Waals surface area contributed by atoms with Crippen molar-refractivity contribution in [2.75, 3.05) is 0 Å². The maximum absolute atomic E-state index is 12.8. The van der Waals surface area contributed by atoms with E-state index in [2.05, 4.69) is 9.97 Å². The summed E-state index contributed by atoms with van der Waals surface area (Å²) in [6.07, 6.45) is -2.46. The Hall–Kier alpha value is -2.80. The topological polar surface area (TPSA) is 37.9 Å². The van der Waals surface area contributed by atoms with Crippen molar-refractivity contribution < 1.29 is 17.9 Å². The zero-order chi connectivity index (χ0) is 20.6. The van der Waals surface area contributed by atoms with E-state index in [1.165, 1.54) is 23.5 Å². The lowest BCUT2D eigenvalue weighted by Gasteiger charge is -2.08. The molecular formula is C22H19F3N2OS. The van der Waals surface area contributed by atoms with Crippen molar-refractivity contribution in [3.63, 3.8) is 0 Å². The Bertz CT molecular complexity index is 1130. The summed E-state index contributed by atoms with van der Waals surface area (Å²) in [6, 6.07) is 12.9. The lowest BCUT2D eigenvalue weighted by molar-refractivity contribution is -0.137. The van der Waals surface area contributed by atoms with E-state index in [9.17, 15) is 13.2 Å². The minimum Gasteiger partial charge on any atom is -0.488 e. The Morgan fingerprint density at radius 2 is 1.83 bits per heavy atom. The lowest BCUT2D eigenvalue weighted by Crippen LogP contribution is -2.03. The van der Waals surface area contributed by atoms with Crippen LogP contribution in [0.5, 0.6) is 5.75 Å². The van der Waals surface area contributed by atoms with Crippen LogP contribution in [0.4, 0.5) is 13.2 Å². The fourth-order valence-corrected chi connectivity index (χ4v) is 4.25. The molecule has 29 heavy (non-hydrogen) atoms. The van der Waals surface area contributed by atoms with Crippen LogP contribution in [-0.2, 0) is 12.8 Å². The van der Waals surface area contributed by atoms with Crippen LogP contribution < -0.4 is 4.74 Å². The summed E-state index contributed by atoms with van der Waals surface area (Å²) in [5.41, 5.74) is 1.96. The summed E-state index contributed by atoms with van der Waals surface area (Å²) in [7, 11) is 0. The fourth-order valence-electron chi connectivity index (χ4n) is 3.11. The molecule has 150 valence electrons. The van der Waals surface area contributed by atoms with Gasteiger partial charge in [0.1, 0.15) is 17.4 Å². The number of halogens is 3. The van der Waals surface area contributed by atoms with Crippen molar-refractivity contribution >= 4 is 22.2 Å². The molecule has 4 aromatic rings. The first-order valence-corrected chi connectivity index (χ1v) is 10.00. The molecule has 4 rings (SSSR count). The van der Waals surface area contributed by atoms with Crippen molar-refractivity contribution in [2.24, 2.45) is 0 Å². The van der Waals surface area contributed by atoms with Crippen LogP contribution in [0.3, 0.4) is 0 Å². The number of H-pyrrole nitrogens is 1. The lowest BCUT2D eigenvalue weighted by atomic mass is 10.1. The van der Waals surface area contributed by atoms with Gasteiger partial charge in [0, 0.05) is 22.7 Å². The van der Waals surface area contributed by atoms with Crippen LogP contribution in [0.15, 0.2) is 54.7 Å². The summed E-state index contributed by atoms with van der Waals surface area (Å²) in [5, 5.41) is 1.77. The second kappa shape index (κ2) is 7.55. The SMILES string of the molecule is CC(C)c1nc(-c2ccc(C(F)(F)F)cc2)sc1COc1ccc2[nH]ccc2c1. The van der Waals surface area contributed by atoms with Crippen LogP contribution in [-0.4, -0.2) is 9.97 Å². The van der Waals surface area contributed by atoms with Crippen LogP contribution in [0.1, 0.15) is 35.9 Å². The Morgan fingerprint density at radius 3 is 2.52 bits per heavy atom. The number of hydrogen-bond donors (Lipinski definition) is 1. The van der Waals surface area contributed by atoms with E-state index >= 15 is 0 Å².